The van der Waals surface area contributed by atoms with Crippen molar-refractivity contribution in [1.29, 1.82) is 0 Å². The Morgan fingerprint density at radius 3 is 3.07 bits per heavy atom. The molecule has 5 heteroatoms. The highest BCUT2D eigenvalue weighted by molar-refractivity contribution is 5.83. The molecule has 5 nitrogen and oxygen atoms in total. The fourth-order valence-electron chi connectivity index (χ4n) is 2.07. The van der Waals surface area contributed by atoms with E-state index in [9.17, 15) is 4.79 Å². The molecule has 1 aliphatic heterocycles. The molecule has 0 aliphatic carbocycles. The van der Waals surface area contributed by atoms with Crippen molar-refractivity contribution in [2.75, 3.05) is 6.54 Å². The molecule has 0 aromatic carbocycles. The molecule has 2 heterocycles. The van der Waals surface area contributed by atoms with Gasteiger partial charge < -0.3 is 5.32 Å². The zero-order valence-corrected chi connectivity index (χ0v) is 9.10. The molecular formula is C10H16N4O. The van der Waals surface area contributed by atoms with Crippen LogP contribution in [0, 0.1) is 5.92 Å². The van der Waals surface area contributed by atoms with Crippen molar-refractivity contribution in [2.45, 2.75) is 25.8 Å². The summed E-state index contributed by atoms with van der Waals surface area (Å²) in [4.78, 5) is 16.0. The molecule has 1 aliphatic rings. The topological polar surface area (TPSA) is 59.8 Å². The number of Topliss-reactive ketones (excluding diaryl/α,β-unsaturated/α-hetero) is 1. The van der Waals surface area contributed by atoms with Gasteiger partial charge in [0, 0.05) is 19.0 Å². The lowest BCUT2D eigenvalue weighted by Crippen LogP contribution is -2.29. The molecule has 1 saturated heterocycles. The quantitative estimate of drug-likeness (QED) is 0.755. The van der Waals surface area contributed by atoms with Gasteiger partial charge in [0.25, 0.3) is 0 Å². The standard InChI is InChI=1S/C10H16N4O/c1-7-8(3-4-11-7)9(15)5-10-12-6-13-14(10)2/h6-8,11H,3-5H2,1-2H3. The van der Waals surface area contributed by atoms with Crippen LogP contribution in [0.1, 0.15) is 19.2 Å². The van der Waals surface area contributed by atoms with Crippen molar-refractivity contribution in [3.05, 3.63) is 12.2 Å². The number of nitrogens with zero attached hydrogens (tertiary/aromatic N) is 3. The van der Waals surface area contributed by atoms with E-state index in [1.807, 2.05) is 7.05 Å². The van der Waals surface area contributed by atoms with Crippen LogP contribution < -0.4 is 5.32 Å². The molecule has 0 spiro atoms. The first kappa shape index (κ1) is 10.3. The number of hydrogen-bond donors (Lipinski definition) is 1. The lowest BCUT2D eigenvalue weighted by Gasteiger charge is -2.12. The Morgan fingerprint density at radius 1 is 1.73 bits per heavy atom. The average molecular weight is 208 g/mol. The summed E-state index contributed by atoms with van der Waals surface area (Å²) in [7, 11) is 1.81. The van der Waals surface area contributed by atoms with Gasteiger partial charge in [0.05, 0.1) is 6.42 Å². The minimum atomic E-state index is 0.140. The summed E-state index contributed by atoms with van der Waals surface area (Å²) in [6.07, 6.45) is 2.82. The predicted molar refractivity (Wildman–Crippen MR) is 55.3 cm³/mol. The molecule has 2 rings (SSSR count). The van der Waals surface area contributed by atoms with Crippen molar-refractivity contribution < 1.29 is 4.79 Å². The van der Waals surface area contributed by atoms with Crippen molar-refractivity contribution in [3.63, 3.8) is 0 Å². The highest BCUT2D eigenvalue weighted by Crippen LogP contribution is 2.17. The summed E-state index contributed by atoms with van der Waals surface area (Å²) in [6.45, 7) is 3.00. The van der Waals surface area contributed by atoms with Crippen molar-refractivity contribution >= 4 is 5.78 Å². The zero-order valence-electron chi connectivity index (χ0n) is 9.10. The van der Waals surface area contributed by atoms with E-state index in [0.29, 0.717) is 12.5 Å². The molecule has 2 unspecified atom stereocenters. The Kier molecular flexibility index (Phi) is 2.81. The van der Waals surface area contributed by atoms with Crippen LogP contribution in [0.2, 0.25) is 0 Å². The molecule has 0 saturated carbocycles. The largest absolute Gasteiger partial charge is 0.314 e. The van der Waals surface area contributed by atoms with Crippen LogP contribution in [0.25, 0.3) is 0 Å². The van der Waals surface area contributed by atoms with Crippen molar-refractivity contribution in [1.82, 2.24) is 20.1 Å². The zero-order chi connectivity index (χ0) is 10.8. The third-order valence-corrected chi connectivity index (χ3v) is 3.08. The third-order valence-electron chi connectivity index (χ3n) is 3.08. The second kappa shape index (κ2) is 4.10. The molecule has 2 atom stereocenters. The number of nitrogens with one attached hydrogen (secondary N) is 1. The van der Waals surface area contributed by atoms with E-state index in [2.05, 4.69) is 22.3 Å². The Labute approximate surface area is 88.9 Å². The Hall–Kier alpha value is -1.23. The maximum absolute atomic E-state index is 12.0. The number of carbonyl (C=O) groups excluding carboxylic acids is 1. The summed E-state index contributed by atoms with van der Waals surface area (Å²) < 4.78 is 1.66. The van der Waals surface area contributed by atoms with Gasteiger partial charge in [-0.15, -0.1) is 0 Å². The van der Waals surface area contributed by atoms with Crippen LogP contribution >= 0.6 is 0 Å². The van der Waals surface area contributed by atoms with Gasteiger partial charge in [-0.25, -0.2) is 4.98 Å². The molecule has 82 valence electrons. The molecule has 1 fully saturated rings. The first-order valence-electron chi connectivity index (χ1n) is 5.27. The van der Waals surface area contributed by atoms with E-state index >= 15 is 0 Å². The normalized spacial score (nSPS) is 25.7. The molecule has 1 aromatic rings. The lowest BCUT2D eigenvalue weighted by atomic mass is 9.95. The molecule has 0 amide bonds. The molecule has 15 heavy (non-hydrogen) atoms. The maximum atomic E-state index is 12.0. The Balaban J connectivity index is 2.01. The minimum absolute atomic E-state index is 0.140. The van der Waals surface area contributed by atoms with Crippen LogP contribution in [0.4, 0.5) is 0 Å². The summed E-state index contributed by atoms with van der Waals surface area (Å²) in [6, 6.07) is 0.297. The number of aromatic nitrogens is 3. The Bertz CT molecular complexity index is 360. The van der Waals surface area contributed by atoms with E-state index < -0.39 is 0 Å². The van der Waals surface area contributed by atoms with Crippen molar-refractivity contribution in [2.24, 2.45) is 13.0 Å². The number of ketones is 1. The van der Waals surface area contributed by atoms with Gasteiger partial charge in [0.1, 0.15) is 17.9 Å². The summed E-state index contributed by atoms with van der Waals surface area (Å²) in [5.74, 6) is 1.16. The molecule has 1 aromatic heterocycles. The molecule has 0 radical (unpaired) electrons. The van der Waals surface area contributed by atoms with Gasteiger partial charge in [-0.05, 0) is 19.9 Å². The highest BCUT2D eigenvalue weighted by Gasteiger charge is 2.29. The second-order valence-corrected chi connectivity index (χ2v) is 4.08. The third kappa shape index (κ3) is 2.07. The van der Waals surface area contributed by atoms with Gasteiger partial charge in [-0.2, -0.15) is 5.10 Å². The summed E-state index contributed by atoms with van der Waals surface area (Å²) >= 11 is 0. The van der Waals surface area contributed by atoms with Crippen LogP contribution in [0.15, 0.2) is 6.33 Å². The molecule has 1 N–H and O–H groups in total. The van der Waals surface area contributed by atoms with Gasteiger partial charge >= 0.3 is 0 Å². The van der Waals surface area contributed by atoms with E-state index in [1.165, 1.54) is 6.33 Å². The fraction of sp³-hybridized carbons (Fsp3) is 0.700. The van der Waals surface area contributed by atoms with Gasteiger partial charge in [-0.1, -0.05) is 0 Å². The fourth-order valence-corrected chi connectivity index (χ4v) is 2.07. The van der Waals surface area contributed by atoms with Crippen LogP contribution in [-0.2, 0) is 18.3 Å². The van der Waals surface area contributed by atoms with E-state index in [1.54, 1.807) is 4.68 Å². The van der Waals surface area contributed by atoms with Crippen LogP contribution in [0.3, 0.4) is 0 Å². The van der Waals surface area contributed by atoms with Crippen LogP contribution in [0.5, 0.6) is 0 Å². The van der Waals surface area contributed by atoms with Crippen LogP contribution in [-0.4, -0.2) is 33.1 Å². The van der Waals surface area contributed by atoms with Gasteiger partial charge in [0.2, 0.25) is 0 Å². The van der Waals surface area contributed by atoms with E-state index in [4.69, 9.17) is 0 Å². The van der Waals surface area contributed by atoms with Crippen molar-refractivity contribution in [3.8, 4) is 0 Å². The molecular weight excluding hydrogens is 192 g/mol. The minimum Gasteiger partial charge on any atom is -0.314 e. The first-order chi connectivity index (χ1) is 7.18. The lowest BCUT2D eigenvalue weighted by molar-refractivity contribution is -0.122. The molecule has 0 bridgehead atoms. The number of rotatable bonds is 3. The monoisotopic (exact) mass is 208 g/mol. The first-order valence-corrected chi connectivity index (χ1v) is 5.27. The van der Waals surface area contributed by atoms with E-state index in [0.717, 1.165) is 18.8 Å². The number of hydrogen-bond acceptors (Lipinski definition) is 4. The van der Waals surface area contributed by atoms with Gasteiger partial charge in [-0.3, -0.25) is 9.48 Å². The highest BCUT2D eigenvalue weighted by atomic mass is 16.1. The maximum Gasteiger partial charge on any atom is 0.145 e. The Morgan fingerprint density at radius 2 is 2.53 bits per heavy atom. The van der Waals surface area contributed by atoms with Gasteiger partial charge in [0.15, 0.2) is 0 Å². The average Bonchev–Trinajstić information content (AvgIpc) is 2.76. The number of aryl methyl sites for hydroxylation is 1. The predicted octanol–water partition coefficient (Wildman–Crippen LogP) is -0.0753. The SMILES string of the molecule is CC1NCCC1C(=O)Cc1ncnn1C. The summed E-state index contributed by atoms with van der Waals surface area (Å²) in [5.41, 5.74) is 0. The second-order valence-electron chi connectivity index (χ2n) is 4.08. The van der Waals surface area contributed by atoms with E-state index in [-0.39, 0.29) is 11.7 Å². The smallest absolute Gasteiger partial charge is 0.145 e. The number of carbonyl (C=O) groups is 1. The summed E-state index contributed by atoms with van der Waals surface area (Å²) in [5, 5.41) is 7.23.